The van der Waals surface area contributed by atoms with E-state index in [0.717, 1.165) is 31.9 Å². The highest BCUT2D eigenvalue weighted by Gasteiger charge is 2.08. The van der Waals surface area contributed by atoms with Crippen molar-refractivity contribution in [3.05, 3.63) is 59.1 Å². The van der Waals surface area contributed by atoms with Gasteiger partial charge >= 0.3 is 0 Å². The summed E-state index contributed by atoms with van der Waals surface area (Å²) >= 11 is 3.25. The number of ether oxygens (including phenoxy) is 2. The van der Waals surface area contributed by atoms with Crippen LogP contribution in [0.25, 0.3) is 0 Å². The number of carbonyl (C=O) groups excluding carboxylic acids is 1. The summed E-state index contributed by atoms with van der Waals surface area (Å²) in [5, 5.41) is 4.92. The molecule has 3 rings (SSSR count). The quantitative estimate of drug-likeness (QED) is 0.609. The number of amides is 1. The molecule has 1 heterocycles. The van der Waals surface area contributed by atoms with Gasteiger partial charge in [-0.1, -0.05) is 11.8 Å². The Morgan fingerprint density at radius 1 is 1.15 bits per heavy atom. The summed E-state index contributed by atoms with van der Waals surface area (Å²) in [6, 6.07) is 13.0. The van der Waals surface area contributed by atoms with Gasteiger partial charge in [0.15, 0.2) is 10.9 Å². The third-order valence-electron chi connectivity index (χ3n) is 3.70. The normalized spacial score (nSPS) is 10.5. The number of methoxy groups -OCH3 is 1. The molecule has 1 amide bonds. The highest BCUT2D eigenvalue weighted by atomic mass is 32.2. The molecule has 1 N–H and O–H groups in total. The van der Waals surface area contributed by atoms with Crippen molar-refractivity contribution in [1.29, 1.82) is 0 Å². The van der Waals surface area contributed by atoms with Gasteiger partial charge in [0.2, 0.25) is 0 Å². The predicted octanol–water partition coefficient (Wildman–Crippen LogP) is 4.94. The first-order valence-electron chi connectivity index (χ1n) is 8.31. The van der Waals surface area contributed by atoms with Crippen LogP contribution in [0.1, 0.15) is 11.3 Å². The Balaban J connectivity index is 1.55. The van der Waals surface area contributed by atoms with Crippen LogP contribution < -0.4 is 14.8 Å². The van der Waals surface area contributed by atoms with Gasteiger partial charge in [0, 0.05) is 21.7 Å². The number of hydrogen-bond donors (Lipinski definition) is 1. The van der Waals surface area contributed by atoms with Gasteiger partial charge in [-0.2, -0.15) is 0 Å². The summed E-state index contributed by atoms with van der Waals surface area (Å²) in [7, 11) is 1.60. The van der Waals surface area contributed by atoms with Crippen molar-refractivity contribution in [3.8, 4) is 11.5 Å². The van der Waals surface area contributed by atoms with E-state index in [0.29, 0.717) is 5.75 Å². The lowest BCUT2D eigenvalue weighted by Crippen LogP contribution is -2.20. The summed E-state index contributed by atoms with van der Waals surface area (Å²) in [5.74, 6) is 1.16. The summed E-state index contributed by atoms with van der Waals surface area (Å²) in [4.78, 5) is 17.7. The molecule has 0 aliphatic carbocycles. The molecule has 0 radical (unpaired) electrons. The SMILES string of the molecule is COc1ccc(OCC(=O)Nc2ccc(Sc3nc(C)cs3)cc2C)cc1. The molecular formula is C20H20N2O3S2. The lowest BCUT2D eigenvalue weighted by Gasteiger charge is -2.11. The smallest absolute Gasteiger partial charge is 0.262 e. The van der Waals surface area contributed by atoms with Crippen molar-refractivity contribution in [1.82, 2.24) is 4.98 Å². The zero-order chi connectivity index (χ0) is 19.2. The van der Waals surface area contributed by atoms with E-state index in [-0.39, 0.29) is 12.5 Å². The van der Waals surface area contributed by atoms with Crippen molar-refractivity contribution in [2.45, 2.75) is 23.1 Å². The Morgan fingerprint density at radius 3 is 2.52 bits per heavy atom. The minimum atomic E-state index is -0.204. The molecule has 0 aliphatic rings. The van der Waals surface area contributed by atoms with E-state index in [1.165, 1.54) is 0 Å². The Hall–Kier alpha value is -2.51. The van der Waals surface area contributed by atoms with Gasteiger partial charge in [0.1, 0.15) is 11.5 Å². The third-order valence-corrected chi connectivity index (χ3v) is 5.75. The van der Waals surface area contributed by atoms with E-state index in [4.69, 9.17) is 9.47 Å². The number of hydrogen-bond acceptors (Lipinski definition) is 6. The maximum atomic E-state index is 12.2. The van der Waals surface area contributed by atoms with E-state index >= 15 is 0 Å². The van der Waals surface area contributed by atoms with Crippen LogP contribution in [0.2, 0.25) is 0 Å². The molecule has 0 atom stereocenters. The molecule has 0 unspecified atom stereocenters. The topological polar surface area (TPSA) is 60.5 Å². The Kier molecular flexibility index (Phi) is 6.36. The molecule has 1 aromatic heterocycles. The number of thiazole rings is 1. The fraction of sp³-hybridized carbons (Fsp3) is 0.200. The first-order chi connectivity index (χ1) is 13.0. The van der Waals surface area contributed by atoms with E-state index < -0.39 is 0 Å². The third kappa shape index (κ3) is 5.48. The molecule has 140 valence electrons. The lowest BCUT2D eigenvalue weighted by molar-refractivity contribution is -0.118. The zero-order valence-corrected chi connectivity index (χ0v) is 16.9. The van der Waals surface area contributed by atoms with Crippen LogP contribution in [0, 0.1) is 13.8 Å². The van der Waals surface area contributed by atoms with Gasteiger partial charge < -0.3 is 14.8 Å². The van der Waals surface area contributed by atoms with Crippen molar-refractivity contribution >= 4 is 34.7 Å². The molecule has 7 heteroatoms. The largest absolute Gasteiger partial charge is 0.497 e. The number of nitrogens with one attached hydrogen (secondary N) is 1. The zero-order valence-electron chi connectivity index (χ0n) is 15.3. The highest BCUT2D eigenvalue weighted by Crippen LogP contribution is 2.32. The lowest BCUT2D eigenvalue weighted by atomic mass is 10.2. The Bertz CT molecular complexity index is 923. The van der Waals surface area contributed by atoms with Crippen molar-refractivity contribution in [2.75, 3.05) is 19.0 Å². The van der Waals surface area contributed by atoms with E-state index in [2.05, 4.69) is 10.3 Å². The van der Waals surface area contributed by atoms with Crippen LogP contribution in [0.5, 0.6) is 11.5 Å². The molecule has 0 spiro atoms. The van der Waals surface area contributed by atoms with Crippen LogP contribution in [0.3, 0.4) is 0 Å². The fourth-order valence-electron chi connectivity index (χ4n) is 2.33. The molecule has 2 aromatic carbocycles. The monoisotopic (exact) mass is 400 g/mol. The Morgan fingerprint density at radius 2 is 1.89 bits per heavy atom. The predicted molar refractivity (Wildman–Crippen MR) is 109 cm³/mol. The molecule has 3 aromatic rings. The number of aromatic nitrogens is 1. The number of carbonyl (C=O) groups is 1. The van der Waals surface area contributed by atoms with Gasteiger partial charge in [0.05, 0.1) is 7.11 Å². The molecule has 0 fully saturated rings. The van der Waals surface area contributed by atoms with Crippen LogP contribution in [0.15, 0.2) is 57.1 Å². The second-order valence-electron chi connectivity index (χ2n) is 5.85. The molecule has 0 bridgehead atoms. The molecule has 27 heavy (non-hydrogen) atoms. The Labute approximate surface area is 166 Å². The highest BCUT2D eigenvalue weighted by molar-refractivity contribution is 8.01. The number of benzene rings is 2. The van der Waals surface area contributed by atoms with Crippen LogP contribution in [-0.2, 0) is 4.79 Å². The van der Waals surface area contributed by atoms with Crippen molar-refractivity contribution in [3.63, 3.8) is 0 Å². The van der Waals surface area contributed by atoms with Crippen molar-refractivity contribution < 1.29 is 14.3 Å². The molecule has 0 saturated heterocycles. The maximum Gasteiger partial charge on any atom is 0.262 e. The summed E-state index contributed by atoms with van der Waals surface area (Å²) in [6.07, 6.45) is 0. The summed E-state index contributed by atoms with van der Waals surface area (Å²) in [6.45, 7) is 3.90. The molecule has 0 saturated carbocycles. The maximum absolute atomic E-state index is 12.2. The number of aryl methyl sites for hydroxylation is 2. The summed E-state index contributed by atoms with van der Waals surface area (Å²) in [5.41, 5.74) is 2.80. The second-order valence-corrected chi connectivity index (χ2v) is 8.02. The number of rotatable bonds is 7. The average molecular weight is 401 g/mol. The van der Waals surface area contributed by atoms with Crippen LogP contribution in [-0.4, -0.2) is 24.6 Å². The molecule has 0 aliphatic heterocycles. The van der Waals surface area contributed by atoms with Gasteiger partial charge in [-0.3, -0.25) is 4.79 Å². The minimum Gasteiger partial charge on any atom is -0.497 e. The van der Waals surface area contributed by atoms with Gasteiger partial charge in [-0.25, -0.2) is 4.98 Å². The van der Waals surface area contributed by atoms with Crippen LogP contribution in [0.4, 0.5) is 5.69 Å². The first kappa shape index (κ1) is 19.3. The standard InChI is InChI=1S/C20H20N2O3S2/c1-13-10-17(27-20-21-14(2)12-26-20)8-9-18(13)22-19(23)11-25-16-6-4-15(24-3)5-7-16/h4-10,12H,11H2,1-3H3,(H,22,23). The van der Waals surface area contributed by atoms with Gasteiger partial charge in [-0.05, 0) is 61.9 Å². The molecular weight excluding hydrogens is 380 g/mol. The van der Waals surface area contributed by atoms with Gasteiger partial charge in [0.25, 0.3) is 5.91 Å². The van der Waals surface area contributed by atoms with E-state index in [9.17, 15) is 4.79 Å². The fourth-order valence-corrected chi connectivity index (χ4v) is 4.24. The first-order valence-corrected chi connectivity index (χ1v) is 10.0. The second kappa shape index (κ2) is 8.92. The van der Waals surface area contributed by atoms with E-state index in [1.54, 1.807) is 54.5 Å². The minimum absolute atomic E-state index is 0.0549. The average Bonchev–Trinajstić information content (AvgIpc) is 3.07. The van der Waals surface area contributed by atoms with E-state index in [1.807, 2.05) is 37.4 Å². The summed E-state index contributed by atoms with van der Waals surface area (Å²) < 4.78 is 11.6. The number of nitrogens with zero attached hydrogens (tertiary/aromatic N) is 1. The number of anilines is 1. The molecule has 5 nitrogen and oxygen atoms in total. The van der Waals surface area contributed by atoms with Crippen LogP contribution >= 0.6 is 23.1 Å². The van der Waals surface area contributed by atoms with Gasteiger partial charge in [-0.15, -0.1) is 11.3 Å². The van der Waals surface area contributed by atoms with Crippen molar-refractivity contribution in [2.24, 2.45) is 0 Å².